The highest BCUT2D eigenvalue weighted by atomic mass is 16.6. The van der Waals surface area contributed by atoms with Crippen molar-refractivity contribution in [2.24, 2.45) is 0 Å². The van der Waals surface area contributed by atoms with Crippen LogP contribution in [0.2, 0.25) is 0 Å². The lowest BCUT2D eigenvalue weighted by Crippen LogP contribution is -2.11. The van der Waals surface area contributed by atoms with Gasteiger partial charge in [0.1, 0.15) is 5.75 Å². The van der Waals surface area contributed by atoms with Crippen LogP contribution < -0.4 is 5.32 Å². The predicted octanol–water partition coefficient (Wildman–Crippen LogP) is 3.21. The van der Waals surface area contributed by atoms with Crippen molar-refractivity contribution < 1.29 is 14.8 Å². The quantitative estimate of drug-likeness (QED) is 0.343. The van der Waals surface area contributed by atoms with E-state index in [0.717, 1.165) is 31.7 Å². The minimum Gasteiger partial charge on any atom is -0.506 e. The Labute approximate surface area is 111 Å². The van der Waals surface area contributed by atoms with Crippen LogP contribution in [-0.4, -0.2) is 15.9 Å². The Hall–Kier alpha value is -2.11. The summed E-state index contributed by atoms with van der Waals surface area (Å²) >= 11 is 0. The SMILES string of the molecule is CCCCCCC(=O)Nc1ccc([N+](=O)[O-])cc1O. The molecule has 0 heterocycles. The second-order valence-corrected chi connectivity index (χ2v) is 4.32. The Morgan fingerprint density at radius 2 is 2.11 bits per heavy atom. The molecule has 0 aliphatic rings. The van der Waals surface area contributed by atoms with Gasteiger partial charge in [0.15, 0.2) is 0 Å². The normalized spacial score (nSPS) is 10.2. The molecule has 0 aromatic heterocycles. The molecular formula is C13H18N2O4. The number of nitro groups is 1. The Kier molecular flexibility index (Phi) is 5.78. The Bertz CT molecular complexity index is 460. The number of amides is 1. The van der Waals surface area contributed by atoms with E-state index in [1.807, 2.05) is 0 Å². The smallest absolute Gasteiger partial charge is 0.273 e. The number of carbonyl (C=O) groups is 1. The average Bonchev–Trinajstić information content (AvgIpc) is 2.37. The Balaban J connectivity index is 2.52. The van der Waals surface area contributed by atoms with E-state index < -0.39 is 4.92 Å². The van der Waals surface area contributed by atoms with Crippen LogP contribution in [0.25, 0.3) is 0 Å². The van der Waals surface area contributed by atoms with E-state index in [9.17, 15) is 20.0 Å². The monoisotopic (exact) mass is 266 g/mol. The summed E-state index contributed by atoms with van der Waals surface area (Å²) in [5.41, 5.74) is -0.00969. The van der Waals surface area contributed by atoms with Crippen molar-refractivity contribution in [3.63, 3.8) is 0 Å². The molecule has 0 fully saturated rings. The predicted molar refractivity (Wildman–Crippen MR) is 72.1 cm³/mol. The fraction of sp³-hybridized carbons (Fsp3) is 0.462. The molecule has 2 N–H and O–H groups in total. The number of unbranched alkanes of at least 4 members (excludes halogenated alkanes) is 3. The van der Waals surface area contributed by atoms with Gasteiger partial charge in [0, 0.05) is 12.5 Å². The Morgan fingerprint density at radius 3 is 2.68 bits per heavy atom. The molecule has 1 aromatic carbocycles. The van der Waals surface area contributed by atoms with Gasteiger partial charge in [-0.3, -0.25) is 14.9 Å². The number of phenols is 1. The standard InChI is InChI=1S/C13H18N2O4/c1-2-3-4-5-6-13(17)14-11-8-7-10(15(18)19)9-12(11)16/h7-9,16H,2-6H2,1H3,(H,14,17). The molecule has 0 bridgehead atoms. The number of benzene rings is 1. The molecule has 0 unspecified atom stereocenters. The van der Waals surface area contributed by atoms with Crippen LogP contribution in [-0.2, 0) is 4.79 Å². The highest BCUT2D eigenvalue weighted by Gasteiger charge is 2.11. The van der Waals surface area contributed by atoms with Crippen molar-refractivity contribution in [2.75, 3.05) is 5.32 Å². The molecule has 1 aromatic rings. The van der Waals surface area contributed by atoms with Gasteiger partial charge < -0.3 is 10.4 Å². The zero-order chi connectivity index (χ0) is 14.3. The molecule has 1 rings (SSSR count). The second kappa shape index (κ2) is 7.35. The molecular weight excluding hydrogens is 248 g/mol. The number of nitrogens with zero attached hydrogens (tertiary/aromatic N) is 1. The van der Waals surface area contributed by atoms with Gasteiger partial charge in [-0.25, -0.2) is 0 Å². The maximum Gasteiger partial charge on any atom is 0.273 e. The highest BCUT2D eigenvalue weighted by molar-refractivity contribution is 5.92. The third-order valence-corrected chi connectivity index (χ3v) is 2.72. The number of phenolic OH excluding ortho intramolecular Hbond substituents is 1. The third-order valence-electron chi connectivity index (χ3n) is 2.72. The lowest BCUT2D eigenvalue weighted by atomic mass is 10.1. The molecule has 0 aliphatic carbocycles. The molecule has 0 saturated carbocycles. The van der Waals surface area contributed by atoms with E-state index in [0.29, 0.717) is 6.42 Å². The van der Waals surface area contributed by atoms with E-state index >= 15 is 0 Å². The number of hydrogen-bond donors (Lipinski definition) is 2. The van der Waals surface area contributed by atoms with Crippen LogP contribution in [0.4, 0.5) is 11.4 Å². The molecule has 0 spiro atoms. The van der Waals surface area contributed by atoms with Crippen LogP contribution in [0.5, 0.6) is 5.75 Å². The van der Waals surface area contributed by atoms with Gasteiger partial charge in [-0.05, 0) is 12.5 Å². The molecule has 6 heteroatoms. The summed E-state index contributed by atoms with van der Waals surface area (Å²) in [7, 11) is 0. The van der Waals surface area contributed by atoms with Gasteiger partial charge in [0.05, 0.1) is 16.7 Å². The minimum absolute atomic E-state index is 0.194. The van der Waals surface area contributed by atoms with E-state index in [-0.39, 0.29) is 23.0 Å². The summed E-state index contributed by atoms with van der Waals surface area (Å²) in [6, 6.07) is 3.59. The van der Waals surface area contributed by atoms with Gasteiger partial charge in [0.2, 0.25) is 5.91 Å². The summed E-state index contributed by atoms with van der Waals surface area (Å²) in [5, 5.41) is 22.6. The number of anilines is 1. The molecule has 0 radical (unpaired) electrons. The highest BCUT2D eigenvalue weighted by Crippen LogP contribution is 2.27. The van der Waals surface area contributed by atoms with Crippen LogP contribution in [0.3, 0.4) is 0 Å². The number of aromatic hydroxyl groups is 1. The van der Waals surface area contributed by atoms with Gasteiger partial charge in [-0.15, -0.1) is 0 Å². The van der Waals surface area contributed by atoms with Crippen LogP contribution >= 0.6 is 0 Å². The number of non-ortho nitro benzene ring substituents is 1. The molecule has 6 nitrogen and oxygen atoms in total. The number of nitrogens with one attached hydrogen (secondary N) is 1. The topological polar surface area (TPSA) is 92.5 Å². The van der Waals surface area contributed by atoms with Gasteiger partial charge in [0.25, 0.3) is 5.69 Å². The number of rotatable bonds is 7. The summed E-state index contributed by atoms with van der Waals surface area (Å²) in [6.07, 6.45) is 4.38. The van der Waals surface area contributed by atoms with E-state index in [1.54, 1.807) is 0 Å². The van der Waals surface area contributed by atoms with E-state index in [1.165, 1.54) is 12.1 Å². The van der Waals surface area contributed by atoms with Gasteiger partial charge in [-0.2, -0.15) is 0 Å². The molecule has 1 amide bonds. The van der Waals surface area contributed by atoms with Gasteiger partial charge >= 0.3 is 0 Å². The summed E-state index contributed by atoms with van der Waals surface area (Å²) in [5.74, 6) is -0.489. The largest absolute Gasteiger partial charge is 0.506 e. The molecule has 0 aliphatic heterocycles. The van der Waals surface area contributed by atoms with Crippen molar-refractivity contribution >= 4 is 17.3 Å². The zero-order valence-electron chi connectivity index (χ0n) is 10.9. The van der Waals surface area contributed by atoms with Crippen molar-refractivity contribution in [1.82, 2.24) is 0 Å². The van der Waals surface area contributed by atoms with Gasteiger partial charge in [-0.1, -0.05) is 26.2 Å². The van der Waals surface area contributed by atoms with Crippen molar-refractivity contribution in [3.8, 4) is 5.75 Å². The van der Waals surface area contributed by atoms with E-state index in [2.05, 4.69) is 12.2 Å². The first kappa shape index (κ1) is 14.9. The molecule has 0 saturated heterocycles. The van der Waals surface area contributed by atoms with Crippen LogP contribution in [0.15, 0.2) is 18.2 Å². The Morgan fingerprint density at radius 1 is 1.37 bits per heavy atom. The lowest BCUT2D eigenvalue weighted by Gasteiger charge is -2.06. The maximum absolute atomic E-state index is 11.6. The lowest BCUT2D eigenvalue weighted by molar-refractivity contribution is -0.384. The van der Waals surface area contributed by atoms with Crippen LogP contribution in [0.1, 0.15) is 39.0 Å². The van der Waals surface area contributed by atoms with Crippen molar-refractivity contribution in [2.45, 2.75) is 39.0 Å². The molecule has 104 valence electrons. The van der Waals surface area contributed by atoms with Crippen molar-refractivity contribution in [3.05, 3.63) is 28.3 Å². The van der Waals surface area contributed by atoms with E-state index in [4.69, 9.17) is 0 Å². The fourth-order valence-corrected chi connectivity index (χ4v) is 1.66. The number of carbonyl (C=O) groups excluding carboxylic acids is 1. The fourth-order valence-electron chi connectivity index (χ4n) is 1.66. The summed E-state index contributed by atoms with van der Waals surface area (Å²) in [4.78, 5) is 21.5. The third kappa shape index (κ3) is 4.95. The molecule has 19 heavy (non-hydrogen) atoms. The first-order valence-electron chi connectivity index (χ1n) is 6.32. The first-order valence-corrected chi connectivity index (χ1v) is 6.32. The second-order valence-electron chi connectivity index (χ2n) is 4.32. The molecule has 0 atom stereocenters. The van der Waals surface area contributed by atoms with Crippen molar-refractivity contribution in [1.29, 1.82) is 0 Å². The summed E-state index contributed by atoms with van der Waals surface area (Å²) < 4.78 is 0. The van der Waals surface area contributed by atoms with Crippen LogP contribution in [0, 0.1) is 10.1 Å². The number of nitro benzene ring substituents is 1. The summed E-state index contributed by atoms with van der Waals surface area (Å²) in [6.45, 7) is 2.09. The minimum atomic E-state index is -0.601. The maximum atomic E-state index is 11.6. The number of hydrogen-bond acceptors (Lipinski definition) is 4. The average molecular weight is 266 g/mol. The zero-order valence-corrected chi connectivity index (χ0v) is 10.9. The first-order chi connectivity index (χ1) is 9.04.